The number of urea groups is 1. The molecule has 1 aromatic rings. The summed E-state index contributed by atoms with van der Waals surface area (Å²) in [6.45, 7) is 3.08. The van der Waals surface area contributed by atoms with Crippen molar-refractivity contribution in [3.63, 3.8) is 0 Å². The molecule has 1 aromatic heterocycles. The Bertz CT molecular complexity index is 816. The molecule has 2 fully saturated rings. The smallest absolute Gasteiger partial charge is 0.325 e. The van der Waals surface area contributed by atoms with E-state index in [2.05, 4.69) is 10.3 Å². The minimum atomic E-state index is -0.439. The molecule has 4 rings (SSSR count). The summed E-state index contributed by atoms with van der Waals surface area (Å²) in [6.07, 6.45) is 5.51. The molecule has 1 atom stereocenters. The number of piperidine rings is 1. The lowest BCUT2D eigenvalue weighted by molar-refractivity contribution is -0.141. The first-order chi connectivity index (χ1) is 13.0. The van der Waals surface area contributed by atoms with Crippen LogP contribution in [-0.4, -0.2) is 53.1 Å². The third kappa shape index (κ3) is 3.44. The Hall–Kier alpha value is -2.38. The van der Waals surface area contributed by atoms with Crippen LogP contribution in [-0.2, 0) is 21.4 Å². The third-order valence-electron chi connectivity index (χ3n) is 5.91. The first-order valence-electron chi connectivity index (χ1n) is 9.84. The summed E-state index contributed by atoms with van der Waals surface area (Å²) < 4.78 is 4.85. The second kappa shape index (κ2) is 6.98. The van der Waals surface area contributed by atoms with Crippen molar-refractivity contribution in [3.8, 4) is 0 Å². The largest absolute Gasteiger partial charge is 0.465 e. The zero-order valence-electron chi connectivity index (χ0n) is 15.7. The first-order valence-corrected chi connectivity index (χ1v) is 9.84. The number of amides is 2. The number of H-pyrrole nitrogens is 1. The fourth-order valence-corrected chi connectivity index (χ4v) is 4.39. The van der Waals surface area contributed by atoms with Gasteiger partial charge < -0.3 is 19.9 Å². The number of nitrogens with zero attached hydrogens (tertiary/aromatic N) is 2. The molecule has 1 spiro atoms. The van der Waals surface area contributed by atoms with Gasteiger partial charge in [-0.2, -0.15) is 0 Å². The Morgan fingerprint density at radius 1 is 1.37 bits per heavy atom. The van der Waals surface area contributed by atoms with Crippen molar-refractivity contribution >= 4 is 12.0 Å². The number of fused-ring (bicyclic) bond motifs is 2. The molecule has 2 heterocycles. The van der Waals surface area contributed by atoms with Crippen molar-refractivity contribution < 1.29 is 14.3 Å². The van der Waals surface area contributed by atoms with Crippen molar-refractivity contribution in [3.05, 3.63) is 27.4 Å². The van der Waals surface area contributed by atoms with Gasteiger partial charge in [-0.25, -0.2) is 9.78 Å². The molecule has 146 valence electrons. The maximum absolute atomic E-state index is 12.5. The highest BCUT2D eigenvalue weighted by Crippen LogP contribution is 2.44. The fraction of sp³-hybridized carbons (Fsp3) is 0.684. The summed E-state index contributed by atoms with van der Waals surface area (Å²) in [5.74, 6) is 0.753. The van der Waals surface area contributed by atoms with Gasteiger partial charge in [-0.1, -0.05) is 0 Å². The molecule has 1 unspecified atom stereocenters. The molecule has 2 amide bonds. The molecule has 2 aliphatic carbocycles. The normalized spacial score (nSPS) is 24.0. The topological polar surface area (TPSA) is 104 Å². The molecule has 1 saturated heterocycles. The molecule has 8 nitrogen and oxygen atoms in total. The highest BCUT2D eigenvalue weighted by molar-refractivity contribution is 5.81. The summed E-state index contributed by atoms with van der Waals surface area (Å²) >= 11 is 0. The van der Waals surface area contributed by atoms with E-state index in [1.165, 1.54) is 0 Å². The van der Waals surface area contributed by atoms with Crippen LogP contribution in [0, 0.1) is 0 Å². The number of aromatic nitrogens is 2. The summed E-state index contributed by atoms with van der Waals surface area (Å²) in [4.78, 5) is 46.1. The Morgan fingerprint density at radius 2 is 2.19 bits per heavy atom. The van der Waals surface area contributed by atoms with Crippen molar-refractivity contribution in [1.29, 1.82) is 0 Å². The number of aromatic amines is 1. The van der Waals surface area contributed by atoms with Gasteiger partial charge in [-0.3, -0.25) is 9.59 Å². The molecule has 0 bridgehead atoms. The van der Waals surface area contributed by atoms with Gasteiger partial charge in [0.1, 0.15) is 12.4 Å². The maximum atomic E-state index is 12.5. The fourth-order valence-electron chi connectivity index (χ4n) is 4.39. The second-order valence-electron chi connectivity index (χ2n) is 7.82. The van der Waals surface area contributed by atoms with Gasteiger partial charge in [0.05, 0.1) is 12.3 Å². The molecule has 1 aliphatic heterocycles. The van der Waals surface area contributed by atoms with Crippen molar-refractivity contribution in [2.75, 3.05) is 26.2 Å². The molecule has 2 N–H and O–H groups in total. The summed E-state index contributed by atoms with van der Waals surface area (Å²) in [5.41, 5.74) is 1.43. The Morgan fingerprint density at radius 3 is 2.93 bits per heavy atom. The van der Waals surface area contributed by atoms with Gasteiger partial charge in [0, 0.05) is 30.0 Å². The van der Waals surface area contributed by atoms with E-state index < -0.39 is 5.97 Å². The van der Waals surface area contributed by atoms with E-state index in [1.807, 2.05) is 0 Å². The van der Waals surface area contributed by atoms with Crippen molar-refractivity contribution in [2.24, 2.45) is 0 Å². The minimum absolute atomic E-state index is 0.0114. The molecular formula is C19H26N4O4. The maximum Gasteiger partial charge on any atom is 0.325 e. The zero-order chi connectivity index (χ0) is 19.0. The molecule has 0 radical (unpaired) electrons. The lowest BCUT2D eigenvalue weighted by Crippen LogP contribution is -2.52. The van der Waals surface area contributed by atoms with E-state index in [1.54, 1.807) is 11.8 Å². The third-order valence-corrected chi connectivity index (χ3v) is 5.91. The van der Waals surface area contributed by atoms with Crippen LogP contribution >= 0.6 is 0 Å². The standard InChI is InChI=1S/C19H26N4O4/c1-2-27-14(24)10-20-18(26)23-9-3-7-19(11-23)8-6-13-15(19)21-16(12-4-5-12)22-17(13)25/h12H,2-11H2,1H3,(H,20,26)(H,21,22,25). The number of carbonyl (C=O) groups excluding carboxylic acids is 2. The number of ether oxygens (including phenoxy) is 1. The molecule has 27 heavy (non-hydrogen) atoms. The first kappa shape index (κ1) is 18.0. The van der Waals surface area contributed by atoms with Gasteiger partial charge in [0.2, 0.25) is 0 Å². The predicted molar refractivity (Wildman–Crippen MR) is 97.7 cm³/mol. The van der Waals surface area contributed by atoms with Crippen LogP contribution < -0.4 is 10.9 Å². The lowest BCUT2D eigenvalue weighted by Gasteiger charge is -2.40. The molecule has 0 aromatic carbocycles. The minimum Gasteiger partial charge on any atom is -0.465 e. The van der Waals surface area contributed by atoms with Crippen LogP contribution in [0.2, 0.25) is 0 Å². The van der Waals surface area contributed by atoms with Gasteiger partial charge in [-0.15, -0.1) is 0 Å². The van der Waals surface area contributed by atoms with Crippen LogP contribution in [0.25, 0.3) is 0 Å². The van der Waals surface area contributed by atoms with Gasteiger partial charge in [0.25, 0.3) is 5.56 Å². The number of rotatable bonds is 4. The molecule has 1 saturated carbocycles. The van der Waals surface area contributed by atoms with E-state index in [-0.39, 0.29) is 23.6 Å². The average molecular weight is 374 g/mol. The predicted octanol–water partition coefficient (Wildman–Crippen LogP) is 1.20. The highest BCUT2D eigenvalue weighted by atomic mass is 16.5. The number of hydrogen-bond acceptors (Lipinski definition) is 5. The highest BCUT2D eigenvalue weighted by Gasteiger charge is 2.46. The van der Waals surface area contributed by atoms with E-state index in [0.717, 1.165) is 49.2 Å². The Kier molecular flexibility index (Phi) is 4.65. The Labute approximate surface area is 157 Å². The Balaban J connectivity index is 1.51. The summed E-state index contributed by atoms with van der Waals surface area (Å²) in [7, 11) is 0. The molecule has 8 heteroatoms. The van der Waals surface area contributed by atoms with Crippen LogP contribution in [0.4, 0.5) is 4.79 Å². The van der Waals surface area contributed by atoms with E-state index in [4.69, 9.17) is 9.72 Å². The van der Waals surface area contributed by atoms with Crippen LogP contribution in [0.3, 0.4) is 0 Å². The average Bonchev–Trinajstić information content (AvgIpc) is 3.45. The van der Waals surface area contributed by atoms with E-state index >= 15 is 0 Å². The zero-order valence-corrected chi connectivity index (χ0v) is 15.7. The number of nitrogens with one attached hydrogen (secondary N) is 2. The van der Waals surface area contributed by atoms with Crippen LogP contribution in [0.1, 0.15) is 62.0 Å². The lowest BCUT2D eigenvalue weighted by atomic mass is 9.77. The number of likely N-dealkylation sites (tertiary alicyclic amines) is 1. The van der Waals surface area contributed by atoms with Crippen molar-refractivity contribution in [1.82, 2.24) is 20.2 Å². The summed E-state index contributed by atoms with van der Waals surface area (Å²) in [5, 5.41) is 2.64. The molecule has 3 aliphatic rings. The second-order valence-corrected chi connectivity index (χ2v) is 7.82. The monoisotopic (exact) mass is 374 g/mol. The SMILES string of the molecule is CCOC(=O)CNC(=O)N1CCCC2(CCc3c2nc(C2CC2)[nH]c3=O)C1. The van der Waals surface area contributed by atoms with E-state index in [9.17, 15) is 14.4 Å². The quantitative estimate of drug-likeness (QED) is 0.771. The molecular weight excluding hydrogens is 348 g/mol. The van der Waals surface area contributed by atoms with Crippen LogP contribution in [0.5, 0.6) is 0 Å². The number of carbonyl (C=O) groups is 2. The van der Waals surface area contributed by atoms with Gasteiger partial charge in [0.15, 0.2) is 0 Å². The summed E-state index contributed by atoms with van der Waals surface area (Å²) in [6, 6.07) is -0.261. The van der Waals surface area contributed by atoms with E-state index in [0.29, 0.717) is 32.0 Å². The van der Waals surface area contributed by atoms with Crippen LogP contribution in [0.15, 0.2) is 4.79 Å². The number of esters is 1. The van der Waals surface area contributed by atoms with Crippen molar-refractivity contribution in [2.45, 2.75) is 56.8 Å². The van der Waals surface area contributed by atoms with Gasteiger partial charge in [-0.05, 0) is 45.4 Å². The number of hydrogen-bond donors (Lipinski definition) is 2. The van der Waals surface area contributed by atoms with Gasteiger partial charge >= 0.3 is 12.0 Å².